The molecule has 2 aromatic carbocycles. The summed E-state index contributed by atoms with van der Waals surface area (Å²) in [6, 6.07) is 13.2. The Morgan fingerprint density at radius 2 is 2.06 bits per heavy atom. The SMILES string of the molecule is COc1cc(-c2cccc3c2CCC3COc2ccc3c(c2)OC[C@H]3CC(=O)O)c(F)cn1. The van der Waals surface area contributed by atoms with Crippen molar-refractivity contribution in [3.8, 4) is 28.5 Å². The largest absolute Gasteiger partial charge is 0.493 e. The van der Waals surface area contributed by atoms with Crippen LogP contribution in [0.2, 0.25) is 0 Å². The molecule has 2 aliphatic rings. The summed E-state index contributed by atoms with van der Waals surface area (Å²) >= 11 is 0. The van der Waals surface area contributed by atoms with Gasteiger partial charge in [-0.1, -0.05) is 24.3 Å². The van der Waals surface area contributed by atoms with E-state index in [0.717, 1.165) is 29.5 Å². The number of carboxylic acid groups (broad SMARTS) is 1. The molecule has 0 bridgehead atoms. The summed E-state index contributed by atoms with van der Waals surface area (Å²) in [5.74, 6) is 0.629. The molecule has 1 aliphatic heterocycles. The first-order valence-corrected chi connectivity index (χ1v) is 11.0. The Morgan fingerprint density at radius 1 is 1.18 bits per heavy atom. The highest BCUT2D eigenvalue weighted by Crippen LogP contribution is 2.41. The second-order valence-electron chi connectivity index (χ2n) is 8.43. The molecule has 1 N–H and O–H groups in total. The molecule has 0 saturated carbocycles. The van der Waals surface area contributed by atoms with Crippen molar-refractivity contribution in [2.75, 3.05) is 20.3 Å². The van der Waals surface area contributed by atoms with Crippen molar-refractivity contribution in [1.82, 2.24) is 4.98 Å². The third-order valence-corrected chi connectivity index (χ3v) is 6.46. The zero-order valence-electron chi connectivity index (χ0n) is 18.2. The molecule has 33 heavy (non-hydrogen) atoms. The minimum Gasteiger partial charge on any atom is -0.493 e. The minimum atomic E-state index is -0.832. The molecule has 1 unspecified atom stereocenters. The van der Waals surface area contributed by atoms with Gasteiger partial charge in [0.25, 0.3) is 0 Å². The van der Waals surface area contributed by atoms with Gasteiger partial charge in [-0.2, -0.15) is 0 Å². The standard InChI is InChI=1S/C26H24FNO5/c1-31-25-11-22(23(27)12-28-25)20-4-2-3-18-15(5-7-21(18)20)13-32-17-6-8-19-16(9-26(29)30)14-33-24(19)10-17/h2-4,6,8,10-12,15-16H,5,7,9,13-14H2,1H3,(H,29,30)/t15?,16-/m1/s1. The van der Waals surface area contributed by atoms with Gasteiger partial charge in [-0.05, 0) is 35.6 Å². The molecular formula is C26H24FNO5. The van der Waals surface area contributed by atoms with E-state index >= 15 is 0 Å². The number of carbonyl (C=O) groups is 1. The van der Waals surface area contributed by atoms with Crippen LogP contribution in [0.25, 0.3) is 11.1 Å². The predicted molar refractivity (Wildman–Crippen MR) is 120 cm³/mol. The van der Waals surface area contributed by atoms with E-state index in [1.807, 2.05) is 30.3 Å². The monoisotopic (exact) mass is 449 g/mol. The van der Waals surface area contributed by atoms with Gasteiger partial charge in [0.1, 0.15) is 17.3 Å². The smallest absolute Gasteiger partial charge is 0.304 e. The van der Waals surface area contributed by atoms with Crippen molar-refractivity contribution < 1.29 is 28.5 Å². The number of halogens is 1. The number of hydrogen-bond acceptors (Lipinski definition) is 5. The number of pyridine rings is 1. The molecule has 0 saturated heterocycles. The van der Waals surface area contributed by atoms with Crippen LogP contribution in [0.4, 0.5) is 4.39 Å². The van der Waals surface area contributed by atoms with Crippen LogP contribution in [-0.4, -0.2) is 36.4 Å². The predicted octanol–water partition coefficient (Wildman–Crippen LogP) is 4.96. The maximum Gasteiger partial charge on any atom is 0.304 e. The van der Waals surface area contributed by atoms with E-state index in [9.17, 15) is 9.18 Å². The lowest BCUT2D eigenvalue weighted by atomic mass is 9.95. The topological polar surface area (TPSA) is 77.9 Å². The molecule has 2 atom stereocenters. The molecule has 0 radical (unpaired) electrons. The van der Waals surface area contributed by atoms with Crippen molar-refractivity contribution in [2.24, 2.45) is 0 Å². The number of hydrogen-bond donors (Lipinski definition) is 1. The van der Waals surface area contributed by atoms with Crippen molar-refractivity contribution in [1.29, 1.82) is 0 Å². The fourth-order valence-electron chi connectivity index (χ4n) is 4.83. The highest BCUT2D eigenvalue weighted by atomic mass is 19.1. The molecule has 3 aromatic rings. The van der Waals surface area contributed by atoms with Gasteiger partial charge < -0.3 is 19.3 Å². The fourth-order valence-corrected chi connectivity index (χ4v) is 4.83. The Bertz CT molecular complexity index is 1210. The Hall–Kier alpha value is -3.61. The van der Waals surface area contributed by atoms with Crippen LogP contribution in [0.15, 0.2) is 48.7 Å². The third-order valence-electron chi connectivity index (χ3n) is 6.46. The first-order chi connectivity index (χ1) is 16.0. The van der Waals surface area contributed by atoms with E-state index in [4.69, 9.17) is 19.3 Å². The summed E-state index contributed by atoms with van der Waals surface area (Å²) in [6.07, 6.45) is 3.00. The van der Waals surface area contributed by atoms with Crippen molar-refractivity contribution in [3.05, 3.63) is 71.2 Å². The number of fused-ring (bicyclic) bond motifs is 2. The van der Waals surface area contributed by atoms with Gasteiger partial charge in [0.2, 0.25) is 5.88 Å². The summed E-state index contributed by atoms with van der Waals surface area (Å²) in [6.45, 7) is 0.871. The first-order valence-electron chi connectivity index (χ1n) is 11.0. The number of carboxylic acids is 1. The van der Waals surface area contributed by atoms with Crippen LogP contribution in [-0.2, 0) is 11.2 Å². The van der Waals surface area contributed by atoms with Crippen molar-refractivity contribution in [2.45, 2.75) is 31.1 Å². The number of benzene rings is 2. The number of aliphatic carboxylic acids is 1. The van der Waals surface area contributed by atoms with Crippen LogP contribution in [0.3, 0.4) is 0 Å². The number of rotatable bonds is 7. The molecule has 0 fully saturated rings. The molecule has 2 heterocycles. The zero-order chi connectivity index (χ0) is 22.9. The lowest BCUT2D eigenvalue weighted by Gasteiger charge is -2.15. The Morgan fingerprint density at radius 3 is 2.88 bits per heavy atom. The maximum absolute atomic E-state index is 14.5. The van der Waals surface area contributed by atoms with Gasteiger partial charge in [0.15, 0.2) is 0 Å². The molecule has 0 amide bonds. The second-order valence-corrected chi connectivity index (χ2v) is 8.43. The van der Waals surface area contributed by atoms with Crippen LogP contribution in [0.5, 0.6) is 17.4 Å². The van der Waals surface area contributed by atoms with E-state index in [2.05, 4.69) is 11.1 Å². The van der Waals surface area contributed by atoms with Gasteiger partial charge in [-0.15, -0.1) is 0 Å². The first kappa shape index (κ1) is 21.2. The Labute approximate surface area is 190 Å². The highest BCUT2D eigenvalue weighted by Gasteiger charge is 2.28. The normalized spacial score (nSPS) is 18.4. The zero-order valence-corrected chi connectivity index (χ0v) is 18.2. The fraction of sp³-hybridized carbons (Fsp3) is 0.308. The average Bonchev–Trinajstić information content (AvgIpc) is 3.41. The Balaban J connectivity index is 1.33. The number of aromatic nitrogens is 1. The average molecular weight is 449 g/mol. The van der Waals surface area contributed by atoms with E-state index in [-0.39, 0.29) is 24.1 Å². The van der Waals surface area contributed by atoms with Gasteiger partial charge in [-0.3, -0.25) is 4.79 Å². The lowest BCUT2D eigenvalue weighted by molar-refractivity contribution is -0.137. The van der Waals surface area contributed by atoms with E-state index in [0.29, 0.717) is 36.2 Å². The van der Waals surface area contributed by atoms with Gasteiger partial charge in [0.05, 0.1) is 32.9 Å². The quantitative estimate of drug-likeness (QED) is 0.550. The second kappa shape index (κ2) is 8.73. The molecular weight excluding hydrogens is 425 g/mol. The third kappa shape index (κ3) is 4.11. The van der Waals surface area contributed by atoms with Crippen molar-refractivity contribution >= 4 is 5.97 Å². The molecule has 170 valence electrons. The summed E-state index contributed by atoms with van der Waals surface area (Å²) in [5.41, 5.74) is 4.57. The van der Waals surface area contributed by atoms with Crippen molar-refractivity contribution in [3.63, 3.8) is 0 Å². The van der Waals surface area contributed by atoms with Gasteiger partial charge in [0, 0.05) is 35.1 Å². The summed E-state index contributed by atoms with van der Waals surface area (Å²) < 4.78 is 31.5. The van der Waals surface area contributed by atoms with Crippen LogP contribution in [0.1, 0.15) is 41.4 Å². The van der Waals surface area contributed by atoms with Crippen LogP contribution >= 0.6 is 0 Å². The summed E-state index contributed by atoms with van der Waals surface area (Å²) in [4.78, 5) is 15.0. The lowest BCUT2D eigenvalue weighted by Crippen LogP contribution is -2.08. The number of nitrogens with zero attached hydrogens (tertiary/aromatic N) is 1. The summed E-state index contributed by atoms with van der Waals surface area (Å²) in [5, 5.41) is 9.06. The van der Waals surface area contributed by atoms with E-state index < -0.39 is 5.97 Å². The number of ether oxygens (including phenoxy) is 3. The van der Waals surface area contributed by atoms with Gasteiger partial charge in [-0.25, -0.2) is 9.37 Å². The molecule has 1 aromatic heterocycles. The maximum atomic E-state index is 14.5. The van der Waals surface area contributed by atoms with E-state index in [1.54, 1.807) is 6.07 Å². The molecule has 1 aliphatic carbocycles. The molecule has 7 heteroatoms. The van der Waals surface area contributed by atoms with Crippen LogP contribution < -0.4 is 14.2 Å². The van der Waals surface area contributed by atoms with Crippen LogP contribution in [0, 0.1) is 5.82 Å². The minimum absolute atomic E-state index is 0.0539. The summed E-state index contributed by atoms with van der Waals surface area (Å²) in [7, 11) is 1.52. The highest BCUT2D eigenvalue weighted by molar-refractivity contribution is 5.71. The Kier molecular flexibility index (Phi) is 5.62. The molecule has 6 nitrogen and oxygen atoms in total. The molecule has 0 spiro atoms. The molecule has 5 rings (SSSR count). The van der Waals surface area contributed by atoms with E-state index in [1.165, 1.54) is 18.9 Å². The number of methoxy groups -OCH3 is 1. The van der Waals surface area contributed by atoms with Gasteiger partial charge >= 0.3 is 5.97 Å².